The SMILES string of the molecule is C[n+]1cc(-n2c3ccccc3c3ccccc32)cnc1-c1ncc(-n2c3ccccc3c3ccccc32)cn1. The molecule has 0 radical (unpaired) electrons. The third kappa shape index (κ3) is 3.21. The number of rotatable bonds is 3. The highest BCUT2D eigenvalue weighted by Gasteiger charge is 2.20. The van der Waals surface area contributed by atoms with E-state index < -0.39 is 0 Å². The first-order valence-electron chi connectivity index (χ1n) is 12.9. The highest BCUT2D eigenvalue weighted by molar-refractivity contribution is 6.10. The van der Waals surface area contributed by atoms with Gasteiger partial charge in [0.2, 0.25) is 5.82 Å². The maximum atomic E-state index is 4.82. The molecule has 0 saturated heterocycles. The van der Waals surface area contributed by atoms with Crippen LogP contribution in [0.1, 0.15) is 0 Å². The lowest BCUT2D eigenvalue weighted by atomic mass is 10.2. The molecule has 0 N–H and O–H groups in total. The highest BCUT2D eigenvalue weighted by atomic mass is 15.1. The van der Waals surface area contributed by atoms with E-state index in [9.17, 15) is 0 Å². The summed E-state index contributed by atoms with van der Waals surface area (Å²) in [6.45, 7) is 0. The number of fused-ring (bicyclic) bond motifs is 6. The van der Waals surface area contributed by atoms with Crippen molar-refractivity contribution in [2.75, 3.05) is 0 Å². The molecule has 4 aromatic carbocycles. The van der Waals surface area contributed by atoms with Gasteiger partial charge in [0.25, 0.3) is 0 Å². The molecule has 0 aliphatic rings. The van der Waals surface area contributed by atoms with Crippen LogP contribution in [0.4, 0.5) is 0 Å². The van der Waals surface area contributed by atoms with Crippen molar-refractivity contribution in [1.82, 2.24) is 24.1 Å². The van der Waals surface area contributed by atoms with Crippen molar-refractivity contribution in [3.05, 3.63) is 122 Å². The number of aryl methyl sites for hydroxylation is 1. The summed E-state index contributed by atoms with van der Waals surface area (Å²) >= 11 is 0. The van der Waals surface area contributed by atoms with Gasteiger partial charge in [-0.3, -0.25) is 0 Å². The fourth-order valence-corrected chi connectivity index (χ4v) is 5.80. The van der Waals surface area contributed by atoms with Crippen LogP contribution in [0, 0.1) is 0 Å². The van der Waals surface area contributed by atoms with Crippen LogP contribution in [0.25, 0.3) is 66.6 Å². The number of aromatic nitrogens is 6. The second kappa shape index (κ2) is 8.33. The van der Waals surface area contributed by atoms with Crippen LogP contribution in [0.5, 0.6) is 0 Å². The molecule has 184 valence electrons. The molecule has 39 heavy (non-hydrogen) atoms. The van der Waals surface area contributed by atoms with Gasteiger partial charge in [-0.2, -0.15) is 0 Å². The summed E-state index contributed by atoms with van der Waals surface area (Å²) in [6, 6.07) is 33.8. The maximum absolute atomic E-state index is 4.82. The minimum Gasteiger partial charge on any atom is -0.306 e. The van der Waals surface area contributed by atoms with Crippen molar-refractivity contribution < 1.29 is 4.57 Å². The predicted octanol–water partition coefficient (Wildman–Crippen LogP) is 6.56. The molecular formula is C33H23N6+. The Hall–Kier alpha value is -5.36. The van der Waals surface area contributed by atoms with Gasteiger partial charge in [-0.25, -0.2) is 14.5 Å². The second-order valence-corrected chi connectivity index (χ2v) is 9.75. The molecule has 6 nitrogen and oxygen atoms in total. The Morgan fingerprint density at radius 1 is 0.487 bits per heavy atom. The Kier molecular flexibility index (Phi) is 4.63. The Labute approximate surface area is 224 Å². The Balaban J connectivity index is 1.22. The molecule has 0 aliphatic carbocycles. The summed E-state index contributed by atoms with van der Waals surface area (Å²) in [5.41, 5.74) is 6.48. The summed E-state index contributed by atoms with van der Waals surface area (Å²) in [7, 11) is 1.99. The zero-order valence-corrected chi connectivity index (χ0v) is 21.2. The third-order valence-electron chi connectivity index (χ3n) is 7.49. The lowest BCUT2D eigenvalue weighted by molar-refractivity contribution is -0.663. The van der Waals surface area contributed by atoms with E-state index in [1.54, 1.807) is 0 Å². The first-order valence-corrected chi connectivity index (χ1v) is 12.9. The molecular weight excluding hydrogens is 480 g/mol. The number of benzene rings is 4. The molecule has 6 heteroatoms. The minimum atomic E-state index is 0.579. The number of nitrogens with zero attached hydrogens (tertiary/aromatic N) is 6. The van der Waals surface area contributed by atoms with Gasteiger partial charge in [-0.1, -0.05) is 72.8 Å². The largest absolute Gasteiger partial charge is 0.368 e. The van der Waals surface area contributed by atoms with Crippen molar-refractivity contribution in [2.24, 2.45) is 7.05 Å². The fourth-order valence-electron chi connectivity index (χ4n) is 5.80. The molecule has 4 aromatic heterocycles. The van der Waals surface area contributed by atoms with E-state index in [0.717, 1.165) is 33.4 Å². The van der Waals surface area contributed by atoms with E-state index in [2.05, 4.69) is 112 Å². The summed E-state index contributed by atoms with van der Waals surface area (Å²) in [6.07, 6.45) is 7.75. The summed E-state index contributed by atoms with van der Waals surface area (Å²) in [5.74, 6) is 1.28. The summed E-state index contributed by atoms with van der Waals surface area (Å²) in [5, 5.41) is 4.88. The van der Waals surface area contributed by atoms with E-state index in [1.165, 1.54) is 21.5 Å². The van der Waals surface area contributed by atoms with Crippen LogP contribution in [0.3, 0.4) is 0 Å². The molecule has 0 spiro atoms. The first-order chi connectivity index (χ1) is 19.3. The second-order valence-electron chi connectivity index (χ2n) is 9.75. The van der Waals surface area contributed by atoms with Crippen molar-refractivity contribution in [3.8, 4) is 23.0 Å². The van der Waals surface area contributed by atoms with Gasteiger partial charge >= 0.3 is 5.82 Å². The molecule has 0 atom stereocenters. The molecule has 4 heterocycles. The third-order valence-corrected chi connectivity index (χ3v) is 7.49. The molecule has 0 fully saturated rings. The van der Waals surface area contributed by atoms with Crippen LogP contribution in [0.15, 0.2) is 122 Å². The van der Waals surface area contributed by atoms with Crippen molar-refractivity contribution in [1.29, 1.82) is 0 Å². The van der Waals surface area contributed by atoms with E-state index in [0.29, 0.717) is 11.6 Å². The number of hydrogen-bond donors (Lipinski definition) is 0. The van der Waals surface area contributed by atoms with Gasteiger partial charge in [0.05, 0.1) is 47.2 Å². The Morgan fingerprint density at radius 3 is 1.31 bits per heavy atom. The maximum Gasteiger partial charge on any atom is 0.368 e. The topological polar surface area (TPSA) is 52.4 Å². The average molecular weight is 504 g/mol. The normalized spacial score (nSPS) is 11.7. The zero-order chi connectivity index (χ0) is 25.9. The number of para-hydroxylation sites is 4. The lowest BCUT2D eigenvalue weighted by Gasteiger charge is -2.08. The van der Waals surface area contributed by atoms with E-state index >= 15 is 0 Å². The van der Waals surface area contributed by atoms with Crippen LogP contribution < -0.4 is 4.57 Å². The predicted molar refractivity (Wildman–Crippen MR) is 155 cm³/mol. The van der Waals surface area contributed by atoms with Gasteiger partial charge in [0.1, 0.15) is 11.9 Å². The minimum absolute atomic E-state index is 0.579. The Morgan fingerprint density at radius 2 is 0.872 bits per heavy atom. The van der Waals surface area contributed by atoms with Crippen LogP contribution >= 0.6 is 0 Å². The standard InChI is InChI=1S/C33H23N6/c1-37-21-23(39-30-16-8-4-12-26(30)27-13-5-9-17-31(27)39)20-36-33(37)32-34-18-22(19-35-32)38-28-14-6-2-10-24(28)25-11-3-7-15-29(25)38/h2-21H,1H3/q+1. The average Bonchev–Trinajstić information content (AvgIpc) is 3.51. The smallest absolute Gasteiger partial charge is 0.306 e. The van der Waals surface area contributed by atoms with Crippen LogP contribution in [-0.2, 0) is 7.05 Å². The summed E-state index contributed by atoms with van der Waals surface area (Å²) < 4.78 is 6.47. The molecule has 0 unspecified atom stereocenters. The summed E-state index contributed by atoms with van der Waals surface area (Å²) in [4.78, 5) is 14.3. The fraction of sp³-hybridized carbons (Fsp3) is 0.0303. The quantitative estimate of drug-likeness (QED) is 0.257. The monoisotopic (exact) mass is 503 g/mol. The highest BCUT2D eigenvalue weighted by Crippen LogP contribution is 2.32. The number of hydrogen-bond acceptors (Lipinski definition) is 3. The zero-order valence-electron chi connectivity index (χ0n) is 21.2. The molecule has 8 aromatic rings. The molecule has 0 aliphatic heterocycles. The molecule has 0 amide bonds. The van der Waals surface area contributed by atoms with Gasteiger partial charge in [-0.15, -0.1) is 0 Å². The van der Waals surface area contributed by atoms with Crippen molar-refractivity contribution in [3.63, 3.8) is 0 Å². The van der Waals surface area contributed by atoms with Gasteiger partial charge in [-0.05, 0) is 29.2 Å². The van der Waals surface area contributed by atoms with Crippen LogP contribution in [0.2, 0.25) is 0 Å². The molecule has 0 saturated carbocycles. The van der Waals surface area contributed by atoms with E-state index in [-0.39, 0.29) is 0 Å². The van der Waals surface area contributed by atoms with E-state index in [4.69, 9.17) is 15.0 Å². The van der Waals surface area contributed by atoms with Crippen molar-refractivity contribution in [2.45, 2.75) is 0 Å². The molecule has 0 bridgehead atoms. The van der Waals surface area contributed by atoms with Gasteiger partial charge in [0, 0.05) is 21.5 Å². The molecule has 8 rings (SSSR count). The van der Waals surface area contributed by atoms with Gasteiger partial charge < -0.3 is 9.13 Å². The Bertz CT molecular complexity index is 2080. The lowest BCUT2D eigenvalue weighted by Crippen LogP contribution is -2.33. The van der Waals surface area contributed by atoms with Crippen LogP contribution in [-0.4, -0.2) is 24.1 Å². The first kappa shape index (κ1) is 21.7. The van der Waals surface area contributed by atoms with Crippen molar-refractivity contribution >= 4 is 43.6 Å². The van der Waals surface area contributed by atoms with Gasteiger partial charge in [0.15, 0.2) is 6.20 Å². The van der Waals surface area contributed by atoms with E-state index in [1.807, 2.05) is 30.2 Å².